The minimum Gasteiger partial charge on any atom is -0.341 e. The lowest BCUT2D eigenvalue weighted by molar-refractivity contribution is -0.143. The zero-order valence-electron chi connectivity index (χ0n) is 14.0. The lowest BCUT2D eigenvalue weighted by Crippen LogP contribution is -2.51. The molecule has 0 N–H and O–H groups in total. The second-order valence-electron chi connectivity index (χ2n) is 7.53. The summed E-state index contributed by atoms with van der Waals surface area (Å²) in [5.41, 5.74) is 0. The Hall–Kier alpha value is -0.710. The van der Waals surface area contributed by atoms with Crippen LogP contribution in [0.1, 0.15) is 52.9 Å². The Kier molecular flexibility index (Phi) is 4.45. The van der Waals surface area contributed by atoms with Crippen molar-refractivity contribution < 1.29 is 9.59 Å². The third-order valence-corrected chi connectivity index (χ3v) is 7.26. The van der Waals surface area contributed by atoms with Gasteiger partial charge >= 0.3 is 0 Å². The maximum atomic E-state index is 13.0. The van der Waals surface area contributed by atoms with Gasteiger partial charge in [0, 0.05) is 25.3 Å². The molecule has 3 saturated heterocycles. The third kappa shape index (κ3) is 2.77. The van der Waals surface area contributed by atoms with E-state index in [0.717, 1.165) is 44.0 Å². The molecule has 3 fully saturated rings. The second kappa shape index (κ2) is 6.06. The highest BCUT2D eigenvalue weighted by Crippen LogP contribution is 2.47. The van der Waals surface area contributed by atoms with E-state index in [4.69, 9.17) is 0 Å². The van der Waals surface area contributed by atoms with Crippen LogP contribution in [0, 0.1) is 11.8 Å². The van der Waals surface area contributed by atoms with Gasteiger partial charge in [-0.1, -0.05) is 13.8 Å². The maximum absolute atomic E-state index is 13.0. The van der Waals surface area contributed by atoms with Crippen LogP contribution in [0.25, 0.3) is 0 Å². The molecule has 0 spiro atoms. The van der Waals surface area contributed by atoms with Gasteiger partial charge in [0.25, 0.3) is 0 Å². The number of likely N-dealkylation sites (tertiary alicyclic amines) is 1. The van der Waals surface area contributed by atoms with Crippen molar-refractivity contribution in [3.8, 4) is 0 Å². The monoisotopic (exact) mass is 324 g/mol. The molecule has 3 heterocycles. The van der Waals surface area contributed by atoms with Crippen LogP contribution < -0.4 is 0 Å². The highest BCUT2D eigenvalue weighted by atomic mass is 32.2. The van der Waals surface area contributed by atoms with Crippen LogP contribution in [0.3, 0.4) is 0 Å². The predicted octanol–water partition coefficient (Wildman–Crippen LogP) is 2.73. The lowest BCUT2D eigenvalue weighted by Gasteiger charge is -2.32. The molecule has 0 saturated carbocycles. The van der Waals surface area contributed by atoms with Crippen molar-refractivity contribution in [2.24, 2.45) is 11.8 Å². The third-order valence-electron chi connectivity index (χ3n) is 5.76. The van der Waals surface area contributed by atoms with Crippen molar-refractivity contribution in [2.75, 3.05) is 18.8 Å². The van der Waals surface area contributed by atoms with Gasteiger partial charge < -0.3 is 9.80 Å². The SMILES string of the molecule is CC(C)[C@@H]1CCCN(C(=O)[C@H]2CS[C@@]3(C)CCC(=O)N23)CC1. The van der Waals surface area contributed by atoms with Gasteiger partial charge in [0.05, 0.1) is 4.87 Å². The zero-order chi connectivity index (χ0) is 15.9. The summed E-state index contributed by atoms with van der Waals surface area (Å²) in [6, 6.07) is -0.222. The predicted molar refractivity (Wildman–Crippen MR) is 89.5 cm³/mol. The van der Waals surface area contributed by atoms with Crippen molar-refractivity contribution in [3.05, 3.63) is 0 Å². The summed E-state index contributed by atoms with van der Waals surface area (Å²) in [7, 11) is 0. The molecule has 0 unspecified atom stereocenters. The molecule has 22 heavy (non-hydrogen) atoms. The first kappa shape index (κ1) is 16.2. The molecule has 0 aromatic rings. The van der Waals surface area contributed by atoms with Crippen molar-refractivity contribution in [2.45, 2.75) is 63.8 Å². The fraction of sp³-hybridized carbons (Fsp3) is 0.882. The molecule has 2 amide bonds. The van der Waals surface area contributed by atoms with E-state index in [0.29, 0.717) is 12.3 Å². The van der Waals surface area contributed by atoms with E-state index >= 15 is 0 Å². The fourth-order valence-electron chi connectivity index (χ4n) is 4.22. The molecule has 4 nitrogen and oxygen atoms in total. The van der Waals surface area contributed by atoms with Crippen LogP contribution in [-0.2, 0) is 9.59 Å². The Morgan fingerprint density at radius 1 is 1.32 bits per heavy atom. The summed E-state index contributed by atoms with van der Waals surface area (Å²) in [5.74, 6) is 2.55. The minimum atomic E-state index is -0.222. The van der Waals surface area contributed by atoms with Gasteiger partial charge in [-0.2, -0.15) is 0 Å². The van der Waals surface area contributed by atoms with Gasteiger partial charge in [-0.3, -0.25) is 9.59 Å². The van der Waals surface area contributed by atoms with Crippen LogP contribution in [-0.4, -0.2) is 51.4 Å². The molecule has 0 radical (unpaired) electrons. The van der Waals surface area contributed by atoms with Gasteiger partial charge in [0.2, 0.25) is 11.8 Å². The molecule has 0 aromatic carbocycles. The van der Waals surface area contributed by atoms with Gasteiger partial charge in [-0.05, 0) is 44.4 Å². The van der Waals surface area contributed by atoms with Crippen LogP contribution in [0.5, 0.6) is 0 Å². The molecule has 5 heteroatoms. The highest BCUT2D eigenvalue weighted by molar-refractivity contribution is 8.01. The quantitative estimate of drug-likeness (QED) is 0.784. The molecule has 3 atom stereocenters. The molecule has 0 aromatic heterocycles. The van der Waals surface area contributed by atoms with Gasteiger partial charge in [0.1, 0.15) is 6.04 Å². The lowest BCUT2D eigenvalue weighted by atomic mass is 9.89. The summed E-state index contributed by atoms with van der Waals surface area (Å²) in [6.07, 6.45) is 4.91. The number of carbonyl (C=O) groups is 2. The van der Waals surface area contributed by atoms with E-state index in [-0.39, 0.29) is 22.7 Å². The zero-order valence-corrected chi connectivity index (χ0v) is 14.8. The number of fused-ring (bicyclic) bond motifs is 1. The number of hydrogen-bond donors (Lipinski definition) is 0. The van der Waals surface area contributed by atoms with Crippen LogP contribution >= 0.6 is 11.8 Å². The molecular formula is C17H28N2O2S. The van der Waals surface area contributed by atoms with Crippen LogP contribution in [0.2, 0.25) is 0 Å². The van der Waals surface area contributed by atoms with E-state index in [9.17, 15) is 9.59 Å². The Morgan fingerprint density at radius 3 is 2.82 bits per heavy atom. The fourth-order valence-corrected chi connectivity index (χ4v) is 5.65. The molecule has 124 valence electrons. The molecule has 3 aliphatic rings. The van der Waals surface area contributed by atoms with E-state index in [1.54, 1.807) is 11.8 Å². The first-order valence-electron chi connectivity index (χ1n) is 8.67. The van der Waals surface area contributed by atoms with Crippen LogP contribution in [0.4, 0.5) is 0 Å². The Balaban J connectivity index is 1.68. The van der Waals surface area contributed by atoms with Crippen molar-refractivity contribution in [1.29, 1.82) is 0 Å². The van der Waals surface area contributed by atoms with Gasteiger partial charge in [-0.15, -0.1) is 11.8 Å². The van der Waals surface area contributed by atoms with E-state index in [1.165, 1.54) is 6.42 Å². The topological polar surface area (TPSA) is 40.6 Å². The normalized spacial score (nSPS) is 35.9. The van der Waals surface area contributed by atoms with Gasteiger partial charge in [0.15, 0.2) is 0 Å². The van der Waals surface area contributed by atoms with E-state index < -0.39 is 0 Å². The van der Waals surface area contributed by atoms with Crippen LogP contribution in [0.15, 0.2) is 0 Å². The largest absolute Gasteiger partial charge is 0.341 e. The maximum Gasteiger partial charge on any atom is 0.246 e. The summed E-state index contributed by atoms with van der Waals surface area (Å²) < 4.78 is 0. The first-order chi connectivity index (χ1) is 10.4. The number of nitrogens with zero attached hydrogens (tertiary/aromatic N) is 2. The Bertz CT molecular complexity index is 468. The van der Waals surface area contributed by atoms with Crippen molar-refractivity contribution in [3.63, 3.8) is 0 Å². The molecule has 3 aliphatic heterocycles. The molecule has 3 rings (SSSR count). The van der Waals surface area contributed by atoms with Crippen molar-refractivity contribution in [1.82, 2.24) is 9.80 Å². The molecular weight excluding hydrogens is 296 g/mol. The molecule has 0 bridgehead atoms. The standard InChI is InChI=1S/C17H28N2O2S/c1-12(2)13-5-4-9-18(10-7-13)16(21)14-11-22-17(3)8-6-15(20)19(14)17/h12-14H,4-11H2,1-3H3/t13-,14-,17+/m1/s1. The van der Waals surface area contributed by atoms with E-state index in [1.807, 2.05) is 9.80 Å². The average Bonchev–Trinajstić information content (AvgIpc) is 2.83. The summed E-state index contributed by atoms with van der Waals surface area (Å²) >= 11 is 1.79. The summed E-state index contributed by atoms with van der Waals surface area (Å²) in [6.45, 7) is 8.41. The average molecular weight is 324 g/mol. The van der Waals surface area contributed by atoms with Gasteiger partial charge in [-0.25, -0.2) is 0 Å². The number of carbonyl (C=O) groups excluding carboxylic acids is 2. The molecule has 0 aliphatic carbocycles. The Morgan fingerprint density at radius 2 is 2.09 bits per heavy atom. The highest BCUT2D eigenvalue weighted by Gasteiger charge is 2.53. The second-order valence-corrected chi connectivity index (χ2v) is 9.03. The minimum absolute atomic E-state index is 0.135. The Labute approximate surface area is 138 Å². The number of thioether (sulfide) groups is 1. The number of rotatable bonds is 2. The smallest absolute Gasteiger partial charge is 0.246 e. The summed E-state index contributed by atoms with van der Waals surface area (Å²) in [5, 5.41) is 0. The van der Waals surface area contributed by atoms with Crippen molar-refractivity contribution >= 4 is 23.6 Å². The summed E-state index contributed by atoms with van der Waals surface area (Å²) in [4.78, 5) is 29.0. The van der Waals surface area contributed by atoms with E-state index in [2.05, 4.69) is 20.8 Å². The number of amides is 2. The number of hydrogen-bond acceptors (Lipinski definition) is 3. The first-order valence-corrected chi connectivity index (χ1v) is 9.66.